The Kier molecular flexibility index (Phi) is 1.86. The summed E-state index contributed by atoms with van der Waals surface area (Å²) < 4.78 is 0. The highest BCUT2D eigenvalue weighted by atomic mass is 16.2. The average Bonchev–Trinajstić information content (AvgIpc) is 2.15. The Balaban J connectivity index is 2.86. The van der Waals surface area contributed by atoms with Gasteiger partial charge in [-0.3, -0.25) is 9.69 Å². The third-order valence-corrected chi connectivity index (χ3v) is 2.02. The Hall–Kier alpha value is -1.06. The Labute approximate surface area is 71.9 Å². The molecule has 0 aromatic rings. The first-order chi connectivity index (χ1) is 5.34. The Morgan fingerprint density at radius 2 is 1.83 bits per heavy atom. The van der Waals surface area contributed by atoms with Gasteiger partial charge in [-0.2, -0.15) is 0 Å². The topological polar surface area (TPSA) is 49.4 Å². The summed E-state index contributed by atoms with van der Waals surface area (Å²) in [5.41, 5.74) is -0.211. The highest BCUT2D eigenvalue weighted by Crippen LogP contribution is 2.23. The number of hydrogen-bond donors (Lipinski definition) is 1. The molecule has 0 radical (unpaired) electrons. The maximum atomic E-state index is 11.4. The SMILES string of the molecule is CN1C(=O)NC(C(C)(C)C)C1=O. The summed E-state index contributed by atoms with van der Waals surface area (Å²) in [7, 11) is 1.49. The van der Waals surface area contributed by atoms with Crippen molar-refractivity contribution in [1.29, 1.82) is 0 Å². The molecule has 0 spiro atoms. The fraction of sp³-hybridized carbons (Fsp3) is 0.750. The van der Waals surface area contributed by atoms with Crippen molar-refractivity contribution in [2.45, 2.75) is 26.8 Å². The first kappa shape index (κ1) is 9.03. The number of amides is 3. The summed E-state index contributed by atoms with van der Waals surface area (Å²) in [6.07, 6.45) is 0. The van der Waals surface area contributed by atoms with E-state index < -0.39 is 0 Å². The van der Waals surface area contributed by atoms with Crippen LogP contribution >= 0.6 is 0 Å². The molecule has 3 amide bonds. The molecule has 0 aliphatic carbocycles. The van der Waals surface area contributed by atoms with Crippen LogP contribution in [0, 0.1) is 5.41 Å². The molecule has 0 aromatic carbocycles. The predicted molar refractivity (Wildman–Crippen MR) is 44.5 cm³/mol. The highest BCUT2D eigenvalue weighted by molar-refractivity contribution is 6.04. The van der Waals surface area contributed by atoms with Crippen LogP contribution in [0.1, 0.15) is 20.8 Å². The van der Waals surface area contributed by atoms with Gasteiger partial charge in [0.2, 0.25) is 0 Å². The molecule has 0 aromatic heterocycles. The van der Waals surface area contributed by atoms with E-state index in [2.05, 4.69) is 5.32 Å². The van der Waals surface area contributed by atoms with Gasteiger partial charge < -0.3 is 5.32 Å². The van der Waals surface area contributed by atoms with Crippen LogP contribution in [0.5, 0.6) is 0 Å². The molecule has 1 fully saturated rings. The number of nitrogens with one attached hydrogen (secondary N) is 1. The van der Waals surface area contributed by atoms with Crippen LogP contribution < -0.4 is 5.32 Å². The zero-order valence-electron chi connectivity index (χ0n) is 7.84. The fourth-order valence-electron chi connectivity index (χ4n) is 1.16. The predicted octanol–water partition coefficient (Wildman–Crippen LogP) is 0.583. The number of carbonyl (C=O) groups excluding carboxylic acids is 2. The van der Waals surface area contributed by atoms with Crippen LogP contribution in [0.4, 0.5) is 4.79 Å². The van der Waals surface area contributed by atoms with Crippen molar-refractivity contribution in [3.63, 3.8) is 0 Å². The molecular formula is C8H14N2O2. The zero-order chi connectivity index (χ0) is 9.52. The third kappa shape index (κ3) is 1.29. The van der Waals surface area contributed by atoms with E-state index in [-0.39, 0.29) is 23.4 Å². The minimum Gasteiger partial charge on any atom is -0.325 e. The van der Waals surface area contributed by atoms with Crippen molar-refractivity contribution >= 4 is 11.9 Å². The van der Waals surface area contributed by atoms with E-state index in [9.17, 15) is 9.59 Å². The molecule has 1 heterocycles. The summed E-state index contributed by atoms with van der Waals surface area (Å²) in [5, 5.41) is 2.63. The lowest BCUT2D eigenvalue weighted by Gasteiger charge is -2.23. The van der Waals surface area contributed by atoms with Gasteiger partial charge in [0.15, 0.2) is 0 Å². The maximum Gasteiger partial charge on any atom is 0.324 e. The third-order valence-electron chi connectivity index (χ3n) is 2.02. The van der Waals surface area contributed by atoms with Gasteiger partial charge in [0.25, 0.3) is 5.91 Å². The number of likely N-dealkylation sites (N-methyl/N-ethyl adjacent to an activating group) is 1. The quantitative estimate of drug-likeness (QED) is 0.541. The van der Waals surface area contributed by atoms with Gasteiger partial charge in [-0.05, 0) is 5.41 Å². The molecule has 1 saturated heterocycles. The van der Waals surface area contributed by atoms with Crippen molar-refractivity contribution in [2.75, 3.05) is 7.05 Å². The molecule has 1 unspecified atom stereocenters. The normalized spacial score (nSPS) is 24.7. The summed E-state index contributed by atoms with van der Waals surface area (Å²) in [5.74, 6) is -0.146. The van der Waals surface area contributed by atoms with Crippen molar-refractivity contribution in [1.82, 2.24) is 10.2 Å². The number of nitrogens with zero attached hydrogens (tertiary/aromatic N) is 1. The van der Waals surface area contributed by atoms with E-state index >= 15 is 0 Å². The molecule has 4 nitrogen and oxygen atoms in total. The second-order valence-electron chi connectivity index (χ2n) is 4.15. The lowest BCUT2D eigenvalue weighted by atomic mass is 9.87. The summed E-state index contributed by atoms with van der Waals surface area (Å²) in [6.45, 7) is 5.78. The Bertz CT molecular complexity index is 230. The molecule has 68 valence electrons. The van der Waals surface area contributed by atoms with Gasteiger partial charge >= 0.3 is 6.03 Å². The van der Waals surface area contributed by atoms with Gasteiger partial charge in [-0.15, -0.1) is 0 Å². The van der Waals surface area contributed by atoms with Crippen LogP contribution in [-0.4, -0.2) is 29.9 Å². The second-order valence-corrected chi connectivity index (χ2v) is 4.15. The van der Waals surface area contributed by atoms with Crippen molar-refractivity contribution in [3.8, 4) is 0 Å². The van der Waals surface area contributed by atoms with Gasteiger partial charge in [0.1, 0.15) is 6.04 Å². The molecule has 1 aliphatic rings. The number of urea groups is 1. The van der Waals surface area contributed by atoms with Gasteiger partial charge in [-0.1, -0.05) is 20.8 Å². The minimum absolute atomic E-state index is 0.146. The van der Waals surface area contributed by atoms with E-state index in [4.69, 9.17) is 0 Å². The standard InChI is InChI=1S/C8H14N2O2/c1-8(2,3)5-6(11)10(4)7(12)9-5/h5H,1-4H3,(H,9,12). The summed E-state index contributed by atoms with van der Waals surface area (Å²) >= 11 is 0. The molecule has 1 atom stereocenters. The number of carbonyl (C=O) groups is 2. The number of hydrogen-bond acceptors (Lipinski definition) is 2. The largest absolute Gasteiger partial charge is 0.325 e. The maximum absolute atomic E-state index is 11.4. The number of rotatable bonds is 0. The monoisotopic (exact) mass is 170 g/mol. The van der Waals surface area contributed by atoms with Crippen LogP contribution in [-0.2, 0) is 4.79 Å². The second kappa shape index (κ2) is 2.47. The lowest BCUT2D eigenvalue weighted by molar-refractivity contribution is -0.128. The van der Waals surface area contributed by atoms with Gasteiger partial charge in [-0.25, -0.2) is 4.79 Å². The van der Waals surface area contributed by atoms with Crippen LogP contribution in [0.25, 0.3) is 0 Å². The molecule has 0 saturated carbocycles. The molecule has 12 heavy (non-hydrogen) atoms. The Morgan fingerprint density at radius 1 is 1.33 bits per heavy atom. The van der Waals surface area contributed by atoms with E-state index in [0.29, 0.717) is 0 Å². The van der Waals surface area contributed by atoms with Crippen LogP contribution in [0.15, 0.2) is 0 Å². The van der Waals surface area contributed by atoms with E-state index in [1.165, 1.54) is 7.05 Å². The van der Waals surface area contributed by atoms with E-state index in [1.54, 1.807) is 0 Å². The molecule has 1 aliphatic heterocycles. The molecule has 0 bridgehead atoms. The molecule has 4 heteroatoms. The van der Waals surface area contributed by atoms with E-state index in [1.807, 2.05) is 20.8 Å². The fourth-order valence-corrected chi connectivity index (χ4v) is 1.16. The van der Waals surface area contributed by atoms with E-state index in [0.717, 1.165) is 4.90 Å². The summed E-state index contributed by atoms with van der Waals surface area (Å²) in [4.78, 5) is 23.6. The van der Waals surface area contributed by atoms with Crippen LogP contribution in [0.2, 0.25) is 0 Å². The van der Waals surface area contributed by atoms with Crippen molar-refractivity contribution < 1.29 is 9.59 Å². The first-order valence-corrected chi connectivity index (χ1v) is 3.92. The smallest absolute Gasteiger partial charge is 0.324 e. The zero-order valence-corrected chi connectivity index (χ0v) is 7.84. The Morgan fingerprint density at radius 3 is 2.00 bits per heavy atom. The van der Waals surface area contributed by atoms with Crippen molar-refractivity contribution in [3.05, 3.63) is 0 Å². The highest BCUT2D eigenvalue weighted by Gasteiger charge is 2.42. The lowest BCUT2D eigenvalue weighted by Crippen LogP contribution is -2.41. The van der Waals surface area contributed by atoms with Crippen LogP contribution in [0.3, 0.4) is 0 Å². The van der Waals surface area contributed by atoms with Crippen molar-refractivity contribution in [2.24, 2.45) is 5.41 Å². The van der Waals surface area contributed by atoms with Gasteiger partial charge in [0.05, 0.1) is 0 Å². The molecular weight excluding hydrogens is 156 g/mol. The molecule has 1 N–H and O–H groups in total. The minimum atomic E-state index is -0.380. The molecule has 1 rings (SSSR count). The average molecular weight is 170 g/mol. The number of imide groups is 1. The first-order valence-electron chi connectivity index (χ1n) is 3.92. The van der Waals surface area contributed by atoms with Gasteiger partial charge in [0, 0.05) is 7.05 Å². The summed E-state index contributed by atoms with van der Waals surface area (Å²) in [6, 6.07) is -0.685.